The highest BCUT2D eigenvalue weighted by molar-refractivity contribution is 8.03. The number of nitrogens with zero attached hydrogens (tertiary/aromatic N) is 1. The SMILES string of the molecule is CC[N+](CC)=C1C([Si](C)(C)C(C)(C)C)=C(SC)C1(C)[Si](C)(C)C.F[B-](F)(F)F. The van der Waals surface area contributed by atoms with Crippen molar-refractivity contribution in [3.8, 4) is 0 Å². The molecule has 166 valence electrons. The van der Waals surface area contributed by atoms with Crippen molar-refractivity contribution in [1.82, 2.24) is 0 Å². The minimum atomic E-state index is -6.00. The predicted molar refractivity (Wildman–Crippen MR) is 126 cm³/mol. The van der Waals surface area contributed by atoms with Gasteiger partial charge in [0, 0.05) is 10.1 Å². The van der Waals surface area contributed by atoms with E-state index in [4.69, 9.17) is 0 Å². The quantitative estimate of drug-likeness (QED) is 0.234. The number of allylic oxidation sites excluding steroid dienone is 2. The Kier molecular flexibility index (Phi) is 8.99. The van der Waals surface area contributed by atoms with E-state index in [-0.39, 0.29) is 0 Å². The van der Waals surface area contributed by atoms with Gasteiger partial charge in [0.1, 0.15) is 13.1 Å². The Hall–Kier alpha value is -0.0213. The highest BCUT2D eigenvalue weighted by Crippen LogP contribution is 2.64. The van der Waals surface area contributed by atoms with Crippen LogP contribution in [0.5, 0.6) is 0 Å². The maximum atomic E-state index is 9.75. The summed E-state index contributed by atoms with van der Waals surface area (Å²) < 4.78 is 41.7. The molecular weight excluding hydrogens is 417 g/mol. The van der Waals surface area contributed by atoms with Crippen LogP contribution >= 0.6 is 11.8 Å². The van der Waals surface area contributed by atoms with Gasteiger partial charge in [-0.05, 0) is 32.1 Å². The third-order valence-electron chi connectivity index (χ3n) is 6.68. The van der Waals surface area contributed by atoms with Gasteiger partial charge in [-0.2, -0.15) is 0 Å². The van der Waals surface area contributed by atoms with Gasteiger partial charge < -0.3 is 17.3 Å². The summed E-state index contributed by atoms with van der Waals surface area (Å²) in [6.45, 7) is 29.6. The largest absolute Gasteiger partial charge is 0.673 e. The second kappa shape index (κ2) is 9.00. The summed E-state index contributed by atoms with van der Waals surface area (Å²) in [5.74, 6) is 0. The van der Waals surface area contributed by atoms with Crippen molar-refractivity contribution in [2.45, 2.75) is 84.4 Å². The van der Waals surface area contributed by atoms with Gasteiger partial charge in [-0.1, -0.05) is 53.5 Å². The molecule has 0 bridgehead atoms. The molecule has 1 nitrogen and oxygen atoms in total. The molecule has 0 aromatic rings. The molecule has 0 saturated heterocycles. The van der Waals surface area contributed by atoms with Crippen LogP contribution in [0.1, 0.15) is 41.5 Å². The Morgan fingerprint density at radius 1 is 0.964 bits per heavy atom. The van der Waals surface area contributed by atoms with E-state index in [0.717, 1.165) is 13.1 Å². The maximum absolute atomic E-state index is 9.75. The van der Waals surface area contributed by atoms with E-state index in [1.165, 1.54) is 0 Å². The molecule has 0 aromatic carbocycles. The zero-order valence-corrected chi connectivity index (χ0v) is 22.7. The highest BCUT2D eigenvalue weighted by atomic mass is 32.2. The first-order valence-corrected chi connectivity index (χ1v) is 17.7. The van der Waals surface area contributed by atoms with Crippen molar-refractivity contribution >= 4 is 40.9 Å². The Morgan fingerprint density at radius 2 is 1.32 bits per heavy atom. The van der Waals surface area contributed by atoms with Crippen LogP contribution in [0.3, 0.4) is 0 Å². The van der Waals surface area contributed by atoms with Crippen LogP contribution in [0.4, 0.5) is 17.3 Å². The maximum Gasteiger partial charge on any atom is 0.673 e. The molecule has 0 aromatic heterocycles. The van der Waals surface area contributed by atoms with Gasteiger partial charge >= 0.3 is 7.25 Å². The van der Waals surface area contributed by atoms with E-state index >= 15 is 0 Å². The molecule has 0 spiro atoms. The predicted octanol–water partition coefficient (Wildman–Crippen LogP) is 7.56. The van der Waals surface area contributed by atoms with Crippen molar-refractivity contribution in [3.63, 3.8) is 0 Å². The second-order valence-corrected chi connectivity index (χ2v) is 21.7. The molecule has 0 fully saturated rings. The minimum Gasteiger partial charge on any atom is -0.418 e. The standard InChI is InChI=1S/C19H40NSSi2.BF4/c1-13-20(14-2)16-15(23(11,12)18(3,4)5)17(21-7)19(16,6)22(8,9)10;2-1(3,4)5/h13-14H2,1-12H3;/q+1;-1. The van der Waals surface area contributed by atoms with Crippen LogP contribution in [-0.4, -0.2) is 53.0 Å². The van der Waals surface area contributed by atoms with E-state index in [9.17, 15) is 17.3 Å². The van der Waals surface area contributed by atoms with E-state index < -0.39 is 23.4 Å². The molecule has 0 heterocycles. The van der Waals surface area contributed by atoms with Crippen LogP contribution < -0.4 is 0 Å². The number of halogens is 4. The van der Waals surface area contributed by atoms with Crippen LogP contribution in [0.15, 0.2) is 10.1 Å². The lowest BCUT2D eigenvalue weighted by Crippen LogP contribution is -2.61. The molecule has 0 aliphatic heterocycles. The van der Waals surface area contributed by atoms with Gasteiger partial charge in [0.05, 0.1) is 21.2 Å². The molecule has 0 amide bonds. The van der Waals surface area contributed by atoms with Crippen molar-refractivity contribution in [2.24, 2.45) is 0 Å². The zero-order valence-electron chi connectivity index (χ0n) is 19.9. The van der Waals surface area contributed by atoms with Gasteiger partial charge in [-0.15, -0.1) is 11.8 Å². The normalized spacial score (nSPS) is 21.2. The summed E-state index contributed by atoms with van der Waals surface area (Å²) in [5.41, 5.74) is 1.72. The highest BCUT2D eigenvalue weighted by Gasteiger charge is 2.64. The third kappa shape index (κ3) is 5.56. The molecule has 1 unspecified atom stereocenters. The number of hydrogen-bond donors (Lipinski definition) is 0. The molecular formula is C19H40BF4NSSi2. The third-order valence-corrected chi connectivity index (χ3v) is 17.0. The molecule has 9 heteroatoms. The van der Waals surface area contributed by atoms with Crippen LogP contribution in [-0.2, 0) is 0 Å². The van der Waals surface area contributed by atoms with E-state index in [1.807, 2.05) is 11.8 Å². The summed E-state index contributed by atoms with van der Waals surface area (Å²) in [4.78, 5) is 1.73. The first kappa shape index (κ1) is 28.0. The van der Waals surface area contributed by atoms with Crippen molar-refractivity contribution < 1.29 is 21.8 Å². The fourth-order valence-corrected chi connectivity index (χ4v) is 11.3. The summed E-state index contributed by atoms with van der Waals surface area (Å²) in [6, 6.07) is 0. The number of hydrogen-bond acceptors (Lipinski definition) is 1. The van der Waals surface area contributed by atoms with Gasteiger partial charge in [0.25, 0.3) is 0 Å². The van der Waals surface area contributed by atoms with Gasteiger partial charge in [0.15, 0.2) is 5.71 Å². The second-order valence-electron chi connectivity index (χ2n) is 10.2. The Morgan fingerprint density at radius 3 is 1.54 bits per heavy atom. The van der Waals surface area contributed by atoms with Crippen LogP contribution in [0.25, 0.3) is 0 Å². The average Bonchev–Trinajstić information content (AvgIpc) is 2.45. The Labute approximate surface area is 176 Å². The van der Waals surface area contributed by atoms with Crippen LogP contribution in [0.2, 0.25) is 42.8 Å². The minimum absolute atomic E-state index is 0.323. The fourth-order valence-electron chi connectivity index (χ4n) is 3.62. The molecule has 0 saturated carbocycles. The van der Waals surface area contributed by atoms with Gasteiger partial charge in [-0.3, -0.25) is 0 Å². The topological polar surface area (TPSA) is 3.01 Å². The number of thioether (sulfide) groups is 1. The lowest BCUT2D eigenvalue weighted by Gasteiger charge is -2.55. The molecule has 1 atom stereocenters. The smallest absolute Gasteiger partial charge is 0.418 e. The molecule has 1 aliphatic rings. The van der Waals surface area contributed by atoms with Gasteiger partial charge in [-0.25, -0.2) is 4.58 Å². The van der Waals surface area contributed by atoms with E-state index in [1.54, 1.807) is 15.8 Å². The van der Waals surface area contributed by atoms with E-state index in [2.05, 4.69) is 85.1 Å². The summed E-state index contributed by atoms with van der Waals surface area (Å²) in [6.07, 6.45) is 2.31. The zero-order chi connectivity index (χ0) is 22.9. The van der Waals surface area contributed by atoms with Crippen molar-refractivity contribution in [1.29, 1.82) is 0 Å². The molecule has 0 radical (unpaired) electrons. The summed E-state index contributed by atoms with van der Waals surface area (Å²) in [5, 5.41) is 2.50. The first-order valence-electron chi connectivity index (χ1n) is 10.0. The lowest BCUT2D eigenvalue weighted by molar-refractivity contribution is -0.522. The van der Waals surface area contributed by atoms with E-state index in [0.29, 0.717) is 10.1 Å². The van der Waals surface area contributed by atoms with Crippen molar-refractivity contribution in [2.75, 3.05) is 19.3 Å². The monoisotopic (exact) mass is 457 g/mol. The first-order chi connectivity index (χ1) is 12.2. The van der Waals surface area contributed by atoms with Crippen molar-refractivity contribution in [3.05, 3.63) is 10.1 Å². The molecule has 1 aliphatic carbocycles. The summed E-state index contributed by atoms with van der Waals surface area (Å²) >= 11 is 2.04. The average molecular weight is 458 g/mol. The molecule has 28 heavy (non-hydrogen) atoms. The molecule has 0 N–H and O–H groups in total. The summed E-state index contributed by atoms with van der Waals surface area (Å²) in [7, 11) is -8.88. The Bertz CT molecular complexity index is 619. The lowest BCUT2D eigenvalue weighted by atomic mass is 9.90. The molecule has 1 rings (SSSR count). The number of rotatable bonds is 5. The Balaban J connectivity index is 0.00000129. The fraction of sp³-hybridized carbons (Fsp3) is 0.842. The van der Waals surface area contributed by atoms with Crippen LogP contribution in [0, 0.1) is 0 Å². The van der Waals surface area contributed by atoms with Gasteiger partial charge in [0.2, 0.25) is 0 Å².